The van der Waals surface area contributed by atoms with Gasteiger partial charge in [-0.25, -0.2) is 9.78 Å². The molecule has 1 aromatic carbocycles. The van der Waals surface area contributed by atoms with Crippen LogP contribution < -0.4 is 10.2 Å². The lowest BCUT2D eigenvalue weighted by atomic mass is 10.00. The lowest BCUT2D eigenvalue weighted by molar-refractivity contribution is 0.0838. The maximum Gasteiger partial charge on any atom is 0.411 e. The summed E-state index contributed by atoms with van der Waals surface area (Å²) >= 11 is 0. The molecule has 3 rings (SSSR count). The molecule has 0 saturated carbocycles. The van der Waals surface area contributed by atoms with Crippen LogP contribution >= 0.6 is 0 Å². The molecule has 0 unspecified atom stereocenters. The summed E-state index contributed by atoms with van der Waals surface area (Å²) in [5.74, 6) is 1.39. The molecule has 1 fully saturated rings. The van der Waals surface area contributed by atoms with E-state index < -0.39 is 6.09 Å². The Bertz CT molecular complexity index is 751. The average molecular weight is 360 g/mol. The van der Waals surface area contributed by atoms with E-state index in [2.05, 4.69) is 17.2 Å². The Balaban J connectivity index is 1.84. The molecule has 2 N–H and O–H groups in total. The number of rotatable bonds is 6. The lowest BCUT2D eigenvalue weighted by Gasteiger charge is -2.19. The summed E-state index contributed by atoms with van der Waals surface area (Å²) in [4.78, 5) is 22.2. The Kier molecular flexibility index (Phi) is 5.98. The number of carbonyl (C=O) groups is 1. The van der Waals surface area contributed by atoms with Crippen molar-refractivity contribution in [3.63, 3.8) is 0 Å². The lowest BCUT2D eigenvalue weighted by Crippen LogP contribution is -2.18. The molecule has 142 valence electrons. The van der Waals surface area contributed by atoms with Gasteiger partial charge >= 0.3 is 6.09 Å². The molecule has 7 heteroatoms. The predicted molar refractivity (Wildman–Crippen MR) is 103 cm³/mol. The van der Waals surface area contributed by atoms with Crippen molar-refractivity contribution in [2.24, 2.45) is 0 Å². The van der Waals surface area contributed by atoms with E-state index in [0.29, 0.717) is 18.2 Å². The Morgan fingerprint density at radius 2 is 2.15 bits per heavy atom. The second-order valence-electron chi connectivity index (χ2n) is 6.90. The van der Waals surface area contributed by atoms with Crippen LogP contribution in [0.25, 0.3) is 11.0 Å². The Labute approximate surface area is 154 Å². The van der Waals surface area contributed by atoms with Gasteiger partial charge in [0.2, 0.25) is 0 Å². The number of unbranched alkanes of at least 4 members (excludes halogenated alkanes) is 1. The van der Waals surface area contributed by atoms with E-state index in [9.17, 15) is 4.79 Å². The van der Waals surface area contributed by atoms with E-state index in [1.165, 1.54) is 0 Å². The fourth-order valence-corrected chi connectivity index (χ4v) is 3.16. The second-order valence-corrected chi connectivity index (χ2v) is 6.90. The van der Waals surface area contributed by atoms with E-state index in [1.807, 2.05) is 31.1 Å². The smallest absolute Gasteiger partial charge is 0.411 e. The number of imidazole rings is 1. The molecule has 1 aliphatic rings. The van der Waals surface area contributed by atoms with Gasteiger partial charge in [-0.1, -0.05) is 13.3 Å². The highest BCUT2D eigenvalue weighted by molar-refractivity contribution is 5.95. The second kappa shape index (κ2) is 8.40. The average Bonchev–Trinajstić information content (AvgIpc) is 3.05. The van der Waals surface area contributed by atoms with Crippen LogP contribution in [0.3, 0.4) is 0 Å². The summed E-state index contributed by atoms with van der Waals surface area (Å²) in [6, 6.07) is 3.93. The molecule has 0 spiro atoms. The number of H-pyrrole nitrogens is 1. The minimum Gasteiger partial charge on any atom is -0.449 e. The van der Waals surface area contributed by atoms with Crippen molar-refractivity contribution in [1.82, 2.24) is 9.97 Å². The van der Waals surface area contributed by atoms with Crippen molar-refractivity contribution >= 4 is 28.5 Å². The summed E-state index contributed by atoms with van der Waals surface area (Å²) in [5, 5.41) is 2.86. The van der Waals surface area contributed by atoms with Crippen molar-refractivity contribution in [2.45, 2.75) is 38.5 Å². The first kappa shape index (κ1) is 18.5. The van der Waals surface area contributed by atoms with Gasteiger partial charge in [0.05, 0.1) is 29.0 Å². The first-order valence-electron chi connectivity index (χ1n) is 9.31. The van der Waals surface area contributed by atoms with Gasteiger partial charge in [-0.15, -0.1) is 0 Å². The number of amides is 1. The number of hydrogen-bond donors (Lipinski definition) is 2. The van der Waals surface area contributed by atoms with Gasteiger partial charge in [0.15, 0.2) is 0 Å². The number of anilines is 2. The number of hydrogen-bond acceptors (Lipinski definition) is 5. The number of fused-ring (bicyclic) bond motifs is 1. The molecule has 0 aliphatic carbocycles. The standard InChI is InChI=1S/C19H28N4O3/c1-4-5-8-26-19(24)22-16-11-14-15(12-17(16)23(2)3)21-18(20-14)13-6-9-25-10-7-13/h11-13H,4-10H2,1-3H3,(H,20,21)(H,22,24). The zero-order valence-corrected chi connectivity index (χ0v) is 15.8. The van der Waals surface area contributed by atoms with Gasteiger partial charge in [0.1, 0.15) is 5.82 Å². The third-order valence-electron chi connectivity index (χ3n) is 4.68. The molecule has 0 bridgehead atoms. The van der Waals surface area contributed by atoms with Crippen LogP contribution in [0.15, 0.2) is 12.1 Å². The summed E-state index contributed by atoms with van der Waals surface area (Å²) < 4.78 is 10.7. The van der Waals surface area contributed by atoms with E-state index in [-0.39, 0.29) is 0 Å². The zero-order chi connectivity index (χ0) is 18.5. The van der Waals surface area contributed by atoms with Crippen LogP contribution in [0, 0.1) is 0 Å². The van der Waals surface area contributed by atoms with Gasteiger partial charge < -0.3 is 19.4 Å². The Morgan fingerprint density at radius 1 is 1.38 bits per heavy atom. The molecule has 1 aromatic heterocycles. The number of nitrogens with zero attached hydrogens (tertiary/aromatic N) is 2. The zero-order valence-electron chi connectivity index (χ0n) is 15.8. The van der Waals surface area contributed by atoms with Crippen molar-refractivity contribution in [2.75, 3.05) is 44.1 Å². The van der Waals surface area contributed by atoms with Crippen LogP contribution in [-0.4, -0.2) is 50.0 Å². The largest absolute Gasteiger partial charge is 0.449 e. The van der Waals surface area contributed by atoms with E-state index in [1.54, 1.807) is 0 Å². The molecular formula is C19H28N4O3. The summed E-state index contributed by atoms with van der Waals surface area (Å²) in [6.07, 6.45) is 3.39. The van der Waals surface area contributed by atoms with Crippen LogP contribution in [-0.2, 0) is 9.47 Å². The van der Waals surface area contributed by atoms with E-state index in [0.717, 1.165) is 61.4 Å². The fourth-order valence-electron chi connectivity index (χ4n) is 3.16. The highest BCUT2D eigenvalue weighted by Crippen LogP contribution is 2.32. The molecule has 2 heterocycles. The molecule has 26 heavy (non-hydrogen) atoms. The monoisotopic (exact) mass is 360 g/mol. The molecule has 7 nitrogen and oxygen atoms in total. The molecule has 1 amide bonds. The highest BCUT2D eigenvalue weighted by atomic mass is 16.5. The van der Waals surface area contributed by atoms with Gasteiger partial charge in [-0.3, -0.25) is 5.32 Å². The molecule has 0 atom stereocenters. The SMILES string of the molecule is CCCCOC(=O)Nc1cc2[nH]c(C3CCOCC3)nc2cc1N(C)C. The summed E-state index contributed by atoms with van der Waals surface area (Å²) in [5.41, 5.74) is 3.43. The number of ether oxygens (including phenoxy) is 2. The first-order valence-corrected chi connectivity index (χ1v) is 9.31. The summed E-state index contributed by atoms with van der Waals surface area (Å²) in [6.45, 7) is 4.05. The molecule has 2 aromatic rings. The maximum absolute atomic E-state index is 12.1. The van der Waals surface area contributed by atoms with Crippen LogP contribution in [0.1, 0.15) is 44.3 Å². The number of benzene rings is 1. The normalized spacial score (nSPS) is 15.2. The minimum atomic E-state index is -0.426. The minimum absolute atomic E-state index is 0.398. The third-order valence-corrected chi connectivity index (χ3v) is 4.68. The molecular weight excluding hydrogens is 332 g/mol. The van der Waals surface area contributed by atoms with Crippen LogP contribution in [0.2, 0.25) is 0 Å². The molecule has 1 saturated heterocycles. The topological polar surface area (TPSA) is 79.5 Å². The maximum atomic E-state index is 12.1. The molecule has 1 aliphatic heterocycles. The van der Waals surface area contributed by atoms with Gasteiger partial charge in [-0.05, 0) is 31.4 Å². The number of nitrogens with one attached hydrogen (secondary N) is 2. The van der Waals surface area contributed by atoms with E-state index >= 15 is 0 Å². The number of carbonyl (C=O) groups excluding carboxylic acids is 1. The predicted octanol–water partition coefficient (Wildman–Crippen LogP) is 3.87. The van der Waals surface area contributed by atoms with Crippen molar-refractivity contribution in [1.29, 1.82) is 0 Å². The Morgan fingerprint density at radius 3 is 2.85 bits per heavy atom. The van der Waals surface area contributed by atoms with Crippen molar-refractivity contribution < 1.29 is 14.3 Å². The third kappa shape index (κ3) is 4.27. The van der Waals surface area contributed by atoms with Crippen molar-refractivity contribution in [3.05, 3.63) is 18.0 Å². The highest BCUT2D eigenvalue weighted by Gasteiger charge is 2.20. The fraction of sp³-hybridized carbons (Fsp3) is 0.579. The van der Waals surface area contributed by atoms with Crippen LogP contribution in [0.5, 0.6) is 0 Å². The van der Waals surface area contributed by atoms with Crippen molar-refractivity contribution in [3.8, 4) is 0 Å². The van der Waals surface area contributed by atoms with Gasteiger partial charge in [0, 0.05) is 33.2 Å². The number of aromatic amines is 1. The van der Waals surface area contributed by atoms with Gasteiger partial charge in [0.25, 0.3) is 0 Å². The van der Waals surface area contributed by atoms with Gasteiger partial charge in [-0.2, -0.15) is 0 Å². The number of aromatic nitrogens is 2. The molecule has 0 radical (unpaired) electrons. The Hall–Kier alpha value is -2.28. The van der Waals surface area contributed by atoms with Crippen LogP contribution in [0.4, 0.5) is 16.2 Å². The quantitative estimate of drug-likeness (QED) is 0.765. The first-order chi connectivity index (χ1) is 12.6. The van der Waals surface area contributed by atoms with E-state index in [4.69, 9.17) is 14.5 Å². The summed E-state index contributed by atoms with van der Waals surface area (Å²) in [7, 11) is 3.89.